The molecule has 2 aromatic rings. The molecule has 0 saturated heterocycles. The first-order valence-electron chi connectivity index (χ1n) is 16.4. The average Bonchev–Trinajstić information content (AvgIpc) is 3.30. The summed E-state index contributed by atoms with van der Waals surface area (Å²) in [6.07, 6.45) is 13.9. The molecule has 1 amide bonds. The molecule has 4 aliphatic rings. The molecule has 0 aliphatic heterocycles. The van der Waals surface area contributed by atoms with Crippen molar-refractivity contribution >= 4 is 17.3 Å². The van der Waals surface area contributed by atoms with E-state index in [0.29, 0.717) is 40.6 Å². The smallest absolute Gasteiger partial charge is 0.331 e. The van der Waals surface area contributed by atoms with Crippen molar-refractivity contribution in [3.63, 3.8) is 0 Å². The third-order valence-electron chi connectivity index (χ3n) is 12.6. The van der Waals surface area contributed by atoms with Gasteiger partial charge in [-0.1, -0.05) is 45.7 Å². The number of primary amides is 1. The third-order valence-corrected chi connectivity index (χ3v) is 12.6. The van der Waals surface area contributed by atoms with Crippen molar-refractivity contribution in [2.75, 3.05) is 11.5 Å². The number of rotatable bonds is 8. The molecule has 4 saturated carbocycles. The molecular weight excluding hydrogens is 522 g/mol. The molecule has 228 valence electrons. The molecular formula is C36H51N3O3. The molecule has 0 bridgehead atoms. The van der Waals surface area contributed by atoms with E-state index in [1.54, 1.807) is 36.4 Å². The fourth-order valence-corrected chi connectivity index (χ4v) is 10.7. The largest absolute Gasteiger partial charge is 0.444 e. The predicted molar refractivity (Wildman–Crippen MR) is 169 cm³/mol. The van der Waals surface area contributed by atoms with E-state index in [9.17, 15) is 4.79 Å². The zero-order chi connectivity index (χ0) is 29.7. The molecule has 42 heavy (non-hydrogen) atoms. The summed E-state index contributed by atoms with van der Waals surface area (Å²) >= 11 is 0. The Labute approximate surface area is 252 Å². The Morgan fingerprint density at radius 2 is 1.50 bits per heavy atom. The van der Waals surface area contributed by atoms with E-state index in [-0.39, 0.29) is 11.3 Å². The predicted octanol–water partition coefficient (Wildman–Crippen LogP) is 7.57. The van der Waals surface area contributed by atoms with Gasteiger partial charge in [0.15, 0.2) is 0 Å². The fraction of sp³-hybridized carbons (Fsp3) is 0.639. The summed E-state index contributed by atoms with van der Waals surface area (Å²) in [5, 5.41) is 0. The van der Waals surface area contributed by atoms with Crippen LogP contribution in [0.15, 0.2) is 48.5 Å². The lowest BCUT2D eigenvalue weighted by Crippen LogP contribution is -2.56. The second-order valence-electron chi connectivity index (χ2n) is 14.8. The Morgan fingerprint density at radius 3 is 2.12 bits per heavy atom. The van der Waals surface area contributed by atoms with Gasteiger partial charge in [0.25, 0.3) is 0 Å². The second-order valence-corrected chi connectivity index (χ2v) is 14.8. The minimum atomic E-state index is -1.69. The molecule has 0 aromatic heterocycles. The van der Waals surface area contributed by atoms with E-state index in [2.05, 4.69) is 20.8 Å². The van der Waals surface area contributed by atoms with Gasteiger partial charge in [0.05, 0.1) is 0 Å². The number of nitrogen functional groups attached to an aromatic ring is 2. The number of carbonyl (C=O) groups is 1. The van der Waals surface area contributed by atoms with Crippen LogP contribution in [-0.4, -0.2) is 11.7 Å². The number of benzene rings is 2. The molecule has 1 unspecified atom stereocenters. The highest BCUT2D eigenvalue weighted by Crippen LogP contribution is 2.68. The van der Waals surface area contributed by atoms with Gasteiger partial charge >= 0.3 is 11.7 Å². The summed E-state index contributed by atoms with van der Waals surface area (Å²) in [5.41, 5.74) is 20.2. The Hall–Kier alpha value is -2.89. The first-order chi connectivity index (χ1) is 20.0. The first-order valence-corrected chi connectivity index (χ1v) is 16.4. The van der Waals surface area contributed by atoms with Crippen LogP contribution in [0.5, 0.6) is 11.5 Å². The number of hydrogen-bond donors (Lipinski definition) is 3. The van der Waals surface area contributed by atoms with Crippen LogP contribution in [0.3, 0.4) is 0 Å². The van der Waals surface area contributed by atoms with Crippen LogP contribution in [0, 0.1) is 46.3 Å². The minimum absolute atomic E-state index is 0.160. The number of amides is 1. The molecule has 8 atom stereocenters. The van der Waals surface area contributed by atoms with E-state index in [1.807, 2.05) is 12.1 Å². The number of hydrogen-bond acceptors (Lipinski definition) is 5. The van der Waals surface area contributed by atoms with Gasteiger partial charge in [0.1, 0.15) is 11.5 Å². The van der Waals surface area contributed by atoms with Gasteiger partial charge in [-0.3, -0.25) is 4.79 Å². The van der Waals surface area contributed by atoms with Crippen molar-refractivity contribution in [2.45, 2.75) is 97.2 Å². The zero-order valence-electron chi connectivity index (χ0n) is 25.8. The van der Waals surface area contributed by atoms with Crippen LogP contribution < -0.4 is 26.7 Å². The van der Waals surface area contributed by atoms with Gasteiger partial charge in [0, 0.05) is 29.9 Å². The number of nitrogens with two attached hydrogens (primary N) is 3. The lowest BCUT2D eigenvalue weighted by Gasteiger charge is -2.61. The van der Waals surface area contributed by atoms with E-state index in [0.717, 1.165) is 23.7 Å². The van der Waals surface area contributed by atoms with Crippen molar-refractivity contribution < 1.29 is 14.3 Å². The average molecular weight is 574 g/mol. The number of carbonyl (C=O) groups excluding carboxylic acids is 1. The summed E-state index contributed by atoms with van der Waals surface area (Å²) in [6.45, 7) is 7.47. The zero-order valence-corrected chi connectivity index (χ0v) is 25.8. The third kappa shape index (κ3) is 5.03. The molecule has 4 aliphatic carbocycles. The van der Waals surface area contributed by atoms with E-state index in [1.165, 1.54) is 64.2 Å². The first kappa shape index (κ1) is 29.2. The minimum Gasteiger partial charge on any atom is -0.444 e. The quantitative estimate of drug-likeness (QED) is 0.223. The van der Waals surface area contributed by atoms with Crippen LogP contribution in [0.2, 0.25) is 0 Å². The summed E-state index contributed by atoms with van der Waals surface area (Å²) < 4.78 is 12.9. The van der Waals surface area contributed by atoms with E-state index >= 15 is 0 Å². The highest BCUT2D eigenvalue weighted by Gasteiger charge is 2.61. The Morgan fingerprint density at radius 1 is 0.857 bits per heavy atom. The maximum atomic E-state index is 13.4. The van der Waals surface area contributed by atoms with Crippen LogP contribution >= 0.6 is 0 Å². The monoisotopic (exact) mass is 573 g/mol. The van der Waals surface area contributed by atoms with Crippen molar-refractivity contribution in [1.29, 1.82) is 0 Å². The van der Waals surface area contributed by atoms with Crippen LogP contribution in [0.1, 0.15) is 91.4 Å². The lowest BCUT2D eigenvalue weighted by atomic mass is 9.44. The molecule has 6 rings (SSSR count). The molecule has 6 N–H and O–H groups in total. The molecule has 0 radical (unpaired) electrons. The number of anilines is 2. The lowest BCUT2D eigenvalue weighted by molar-refractivity contribution is -0.171. The molecule has 0 heterocycles. The summed E-state index contributed by atoms with van der Waals surface area (Å²) in [6, 6.07) is 14.2. The van der Waals surface area contributed by atoms with E-state index in [4.69, 9.17) is 26.7 Å². The number of fused-ring (bicyclic) bond motifs is 5. The molecule has 4 fully saturated rings. The standard InChI is InChI=1S/C36H51N3O3/c1-23(22-36(33(39)40,41-27-11-6-9-25(37)20-27)42-28-12-7-10-26(38)21-28)30-15-16-31-29-14-13-24-8-4-5-18-34(24,2)32(29)17-19-35(30,31)3/h6-7,9-12,20-21,23-24,29-32H,4-5,8,13-19,22,37-38H2,1-3H3,(H2,39,40)/t23-,24?,29+,30-,31+,32+,34+,35-/m1/s1. The molecule has 0 spiro atoms. The van der Waals surface area contributed by atoms with Crippen molar-refractivity contribution in [1.82, 2.24) is 0 Å². The van der Waals surface area contributed by atoms with E-state index < -0.39 is 11.7 Å². The van der Waals surface area contributed by atoms with Crippen molar-refractivity contribution in [2.24, 2.45) is 52.1 Å². The van der Waals surface area contributed by atoms with Crippen LogP contribution in [0.4, 0.5) is 11.4 Å². The summed E-state index contributed by atoms with van der Waals surface area (Å²) in [4.78, 5) is 13.4. The summed E-state index contributed by atoms with van der Waals surface area (Å²) in [7, 11) is 0. The topological polar surface area (TPSA) is 114 Å². The number of ether oxygens (including phenoxy) is 2. The normalized spacial score (nSPS) is 34.9. The Bertz CT molecular complexity index is 1250. The van der Waals surface area contributed by atoms with Gasteiger partial charge in [-0.25, -0.2) is 0 Å². The Kier molecular flexibility index (Phi) is 7.64. The summed E-state index contributed by atoms with van der Waals surface area (Å²) in [5.74, 6) is 2.57. The van der Waals surface area contributed by atoms with Gasteiger partial charge in [-0.05, 0) is 122 Å². The van der Waals surface area contributed by atoms with Gasteiger partial charge in [-0.2, -0.15) is 0 Å². The van der Waals surface area contributed by atoms with Gasteiger partial charge < -0.3 is 26.7 Å². The Balaban J connectivity index is 1.27. The highest BCUT2D eigenvalue weighted by atomic mass is 16.7. The fourth-order valence-electron chi connectivity index (χ4n) is 10.7. The molecule has 6 nitrogen and oxygen atoms in total. The highest BCUT2D eigenvalue weighted by molar-refractivity contribution is 5.83. The maximum Gasteiger partial charge on any atom is 0.331 e. The van der Waals surface area contributed by atoms with Crippen molar-refractivity contribution in [3.05, 3.63) is 48.5 Å². The molecule has 6 heteroatoms. The molecule has 2 aromatic carbocycles. The van der Waals surface area contributed by atoms with Crippen LogP contribution in [-0.2, 0) is 4.79 Å². The van der Waals surface area contributed by atoms with Gasteiger partial charge in [-0.15, -0.1) is 0 Å². The second kappa shape index (κ2) is 11.0. The maximum absolute atomic E-state index is 13.4. The van der Waals surface area contributed by atoms with Gasteiger partial charge in [0.2, 0.25) is 0 Å². The van der Waals surface area contributed by atoms with Crippen LogP contribution in [0.25, 0.3) is 0 Å². The SMILES string of the molecule is C[C@H](CC(Oc1cccc(N)c1)(Oc1cccc(N)c1)C(N)=O)[C@H]1CC[C@H]2[C@@H]3CCC4CCCC[C@]4(C)[C@H]3CC[C@]12C. The van der Waals surface area contributed by atoms with Crippen molar-refractivity contribution in [3.8, 4) is 11.5 Å².